The molecule has 1 atom stereocenters. The molecule has 1 aliphatic rings. The Labute approximate surface area is 200 Å². The number of nitrogens with zero attached hydrogens (tertiary/aromatic N) is 1. The number of rotatable bonds is 10. The Morgan fingerprint density at radius 1 is 1.12 bits per heavy atom. The van der Waals surface area contributed by atoms with E-state index >= 15 is 0 Å². The van der Waals surface area contributed by atoms with Crippen molar-refractivity contribution in [2.24, 2.45) is 5.92 Å². The molecule has 0 spiro atoms. The fourth-order valence-corrected chi connectivity index (χ4v) is 4.17. The van der Waals surface area contributed by atoms with E-state index in [2.05, 4.69) is 22.6 Å². The Bertz CT molecular complexity index is 1010. The summed E-state index contributed by atoms with van der Waals surface area (Å²) >= 11 is 0. The van der Waals surface area contributed by atoms with Crippen LogP contribution in [0.4, 0.5) is 10.1 Å². The summed E-state index contributed by atoms with van der Waals surface area (Å²) in [5.74, 6) is 0.448. The van der Waals surface area contributed by atoms with Gasteiger partial charge in [0, 0.05) is 37.1 Å². The first kappa shape index (κ1) is 25.2. The number of halogens is 1. The summed E-state index contributed by atoms with van der Waals surface area (Å²) in [4.78, 5) is 16.0. The molecule has 3 N–H and O–H groups in total. The molecule has 182 valence electrons. The average molecular weight is 469 g/mol. The summed E-state index contributed by atoms with van der Waals surface area (Å²) in [6.07, 6.45) is 3.51. The molecule has 7 nitrogen and oxygen atoms in total. The number of hydrogen-bond acceptors (Lipinski definition) is 7. The van der Waals surface area contributed by atoms with E-state index in [4.69, 9.17) is 14.9 Å². The van der Waals surface area contributed by atoms with Crippen molar-refractivity contribution in [1.29, 1.82) is 5.41 Å². The lowest BCUT2D eigenvalue weighted by molar-refractivity contribution is -0.113. The number of methoxy groups -OCH3 is 2. The third-order valence-corrected chi connectivity index (χ3v) is 6.12. The Morgan fingerprint density at radius 2 is 1.71 bits per heavy atom. The normalized spacial score (nSPS) is 16.0. The standard InChI is InChI=1S/C26H33FN4O3/c1-29-16-23(17-9-11-31(2)12-10-17)24(28)26(32)25(18-5-7-19(27)8-6-18)30-20-13-21(33-3)15-22(14-20)34-4/h5-8,13-17,25,28-30H,9-12H2,1-4H3/b23-16-,28-24?. The number of nitrogens with one attached hydrogen (secondary N) is 3. The van der Waals surface area contributed by atoms with Crippen LogP contribution in [-0.2, 0) is 4.79 Å². The van der Waals surface area contributed by atoms with Crippen LogP contribution in [0.25, 0.3) is 0 Å². The third kappa shape index (κ3) is 6.14. The lowest BCUT2D eigenvalue weighted by Gasteiger charge is -2.31. The van der Waals surface area contributed by atoms with Crippen molar-refractivity contribution < 1.29 is 18.7 Å². The monoisotopic (exact) mass is 468 g/mol. The van der Waals surface area contributed by atoms with Crippen molar-refractivity contribution in [2.45, 2.75) is 18.9 Å². The largest absolute Gasteiger partial charge is 0.497 e. The van der Waals surface area contributed by atoms with Gasteiger partial charge in [-0.3, -0.25) is 10.2 Å². The second-order valence-corrected chi connectivity index (χ2v) is 8.44. The third-order valence-electron chi connectivity index (χ3n) is 6.12. The molecule has 0 saturated carbocycles. The van der Waals surface area contributed by atoms with Crippen molar-refractivity contribution in [3.8, 4) is 11.5 Å². The van der Waals surface area contributed by atoms with Gasteiger partial charge in [-0.2, -0.15) is 0 Å². The van der Waals surface area contributed by atoms with Gasteiger partial charge in [-0.1, -0.05) is 12.1 Å². The van der Waals surface area contributed by atoms with Crippen molar-refractivity contribution in [3.05, 3.63) is 65.6 Å². The van der Waals surface area contributed by atoms with Crippen molar-refractivity contribution in [1.82, 2.24) is 10.2 Å². The molecule has 0 amide bonds. The highest BCUT2D eigenvalue weighted by molar-refractivity contribution is 6.47. The number of allylic oxidation sites excluding steroid dienone is 1. The van der Waals surface area contributed by atoms with E-state index in [0.717, 1.165) is 25.9 Å². The van der Waals surface area contributed by atoms with E-state index in [1.165, 1.54) is 12.1 Å². The van der Waals surface area contributed by atoms with Crippen LogP contribution in [0.5, 0.6) is 11.5 Å². The smallest absolute Gasteiger partial charge is 0.207 e. The second kappa shape index (κ2) is 11.7. The van der Waals surface area contributed by atoms with E-state index in [-0.39, 0.29) is 11.6 Å². The predicted molar refractivity (Wildman–Crippen MR) is 132 cm³/mol. The first-order valence-electron chi connectivity index (χ1n) is 11.3. The number of benzene rings is 2. The Hall–Kier alpha value is -3.39. The molecular weight excluding hydrogens is 435 g/mol. The van der Waals surface area contributed by atoms with Gasteiger partial charge in [-0.25, -0.2) is 4.39 Å². The molecule has 1 heterocycles. The first-order valence-corrected chi connectivity index (χ1v) is 11.3. The molecule has 0 aliphatic carbocycles. The van der Waals surface area contributed by atoms with Gasteiger partial charge in [-0.05, 0) is 62.2 Å². The first-order chi connectivity index (χ1) is 16.4. The molecule has 1 aliphatic heterocycles. The summed E-state index contributed by atoms with van der Waals surface area (Å²) in [7, 11) is 6.94. The number of piperidine rings is 1. The van der Waals surface area contributed by atoms with Gasteiger partial charge in [0.1, 0.15) is 29.1 Å². The molecule has 34 heavy (non-hydrogen) atoms. The molecule has 0 aromatic heterocycles. The number of anilines is 1. The average Bonchev–Trinajstić information content (AvgIpc) is 2.86. The van der Waals surface area contributed by atoms with Crippen molar-refractivity contribution >= 4 is 17.2 Å². The van der Waals surface area contributed by atoms with Gasteiger partial charge in [0.05, 0.1) is 14.2 Å². The molecule has 1 unspecified atom stereocenters. The number of Topliss-reactive ketones (excluding diaryl/α,β-unsaturated/α-hetero) is 1. The zero-order valence-electron chi connectivity index (χ0n) is 20.2. The summed E-state index contributed by atoms with van der Waals surface area (Å²) < 4.78 is 24.3. The zero-order valence-corrected chi connectivity index (χ0v) is 20.2. The van der Waals surface area contributed by atoms with Gasteiger partial charge < -0.3 is 25.0 Å². The topological polar surface area (TPSA) is 86.7 Å². The fourth-order valence-electron chi connectivity index (χ4n) is 4.17. The lowest BCUT2D eigenvalue weighted by Crippen LogP contribution is -2.36. The van der Waals surface area contributed by atoms with Gasteiger partial charge in [0.2, 0.25) is 5.78 Å². The molecule has 0 radical (unpaired) electrons. The van der Waals surface area contributed by atoms with E-state index < -0.39 is 17.6 Å². The maximum Gasteiger partial charge on any atom is 0.207 e. The summed E-state index contributed by atoms with van der Waals surface area (Å²) in [5, 5.41) is 15.1. The number of ketones is 1. The summed E-state index contributed by atoms with van der Waals surface area (Å²) in [6.45, 7) is 1.83. The minimum absolute atomic E-state index is 0.0550. The Balaban J connectivity index is 1.95. The Kier molecular flexibility index (Phi) is 8.65. The minimum Gasteiger partial charge on any atom is -0.497 e. The maximum atomic E-state index is 13.7. The molecule has 2 aromatic rings. The predicted octanol–water partition coefficient (Wildman–Crippen LogP) is 4.03. The van der Waals surface area contributed by atoms with E-state index in [9.17, 15) is 9.18 Å². The van der Waals surface area contributed by atoms with Crippen LogP contribution >= 0.6 is 0 Å². The van der Waals surface area contributed by atoms with Crippen LogP contribution in [0.1, 0.15) is 24.4 Å². The number of hydrogen-bond donors (Lipinski definition) is 3. The summed E-state index contributed by atoms with van der Waals surface area (Å²) in [5.41, 5.74) is 1.79. The van der Waals surface area contributed by atoms with Crippen LogP contribution in [0, 0.1) is 17.1 Å². The number of likely N-dealkylation sites (tertiary alicyclic amines) is 1. The quantitative estimate of drug-likeness (QED) is 0.457. The van der Waals surface area contributed by atoms with Gasteiger partial charge >= 0.3 is 0 Å². The number of ether oxygens (including phenoxy) is 2. The van der Waals surface area contributed by atoms with Crippen LogP contribution in [-0.4, -0.2) is 57.8 Å². The van der Waals surface area contributed by atoms with E-state index in [1.807, 2.05) is 0 Å². The highest BCUT2D eigenvalue weighted by Crippen LogP contribution is 2.31. The highest BCUT2D eigenvalue weighted by Gasteiger charge is 2.31. The molecule has 1 fully saturated rings. The van der Waals surface area contributed by atoms with Crippen LogP contribution in [0.3, 0.4) is 0 Å². The van der Waals surface area contributed by atoms with Gasteiger partial charge in [-0.15, -0.1) is 0 Å². The molecular formula is C26H33FN4O3. The second-order valence-electron chi connectivity index (χ2n) is 8.44. The molecule has 3 rings (SSSR count). The molecule has 8 heteroatoms. The van der Waals surface area contributed by atoms with Crippen LogP contribution in [0.15, 0.2) is 54.2 Å². The molecule has 2 aromatic carbocycles. The highest BCUT2D eigenvalue weighted by atomic mass is 19.1. The maximum absolute atomic E-state index is 13.7. The lowest BCUT2D eigenvalue weighted by atomic mass is 9.84. The fraction of sp³-hybridized carbons (Fsp3) is 0.385. The molecule has 1 saturated heterocycles. The van der Waals surface area contributed by atoms with E-state index in [0.29, 0.717) is 28.3 Å². The Morgan fingerprint density at radius 3 is 2.24 bits per heavy atom. The van der Waals surface area contributed by atoms with E-state index in [1.54, 1.807) is 57.8 Å². The minimum atomic E-state index is -0.892. The zero-order chi connectivity index (χ0) is 24.7. The van der Waals surface area contributed by atoms with Crippen molar-refractivity contribution in [2.75, 3.05) is 46.7 Å². The van der Waals surface area contributed by atoms with Crippen LogP contribution in [0.2, 0.25) is 0 Å². The summed E-state index contributed by atoms with van der Waals surface area (Å²) in [6, 6.07) is 10.1. The SMILES string of the molecule is CN/C=C(\C(=N)C(=O)C(Nc1cc(OC)cc(OC)c1)c1ccc(F)cc1)C1CCN(C)CC1. The molecule has 0 bridgehead atoms. The van der Waals surface area contributed by atoms with Crippen LogP contribution < -0.4 is 20.1 Å². The number of carbonyl (C=O) groups excluding carboxylic acids is 1. The van der Waals surface area contributed by atoms with Gasteiger partial charge in [0.25, 0.3) is 0 Å². The number of carbonyl (C=O) groups is 1. The van der Waals surface area contributed by atoms with Gasteiger partial charge in [0.15, 0.2) is 0 Å². The van der Waals surface area contributed by atoms with Crippen molar-refractivity contribution in [3.63, 3.8) is 0 Å².